The Balaban J connectivity index is 0.000000232. The van der Waals surface area contributed by atoms with Crippen molar-refractivity contribution in [2.75, 3.05) is 26.2 Å². The maximum atomic E-state index is 5.70. The molecule has 283 valence electrons. The van der Waals surface area contributed by atoms with Gasteiger partial charge in [0.25, 0.3) is 0 Å². The van der Waals surface area contributed by atoms with Gasteiger partial charge in [-0.15, -0.1) is 11.4 Å². The van der Waals surface area contributed by atoms with Crippen molar-refractivity contribution < 1.29 is 17.1 Å². The van der Waals surface area contributed by atoms with Gasteiger partial charge in [0.1, 0.15) is 0 Å². The molecule has 0 amide bonds. The monoisotopic (exact) mass is 789 g/mol. The van der Waals surface area contributed by atoms with E-state index in [1.165, 1.54) is 10.8 Å². The van der Waals surface area contributed by atoms with Gasteiger partial charge in [-0.25, -0.2) is 0 Å². The van der Waals surface area contributed by atoms with Crippen LogP contribution >= 0.6 is 0 Å². The molecule has 0 fully saturated rings. The molecule has 4 unspecified atom stereocenters. The summed E-state index contributed by atoms with van der Waals surface area (Å²) in [6.07, 6.45) is -0.379. The molecule has 0 aliphatic carbocycles. The fourth-order valence-electron chi connectivity index (χ4n) is 6.20. The SMILES string of the molecule is CCN(CC)C([S-])NC([N-]c1cccc2ccccc12)c1ccccc1.CCN(CC)C([S-])NC([N-]c1cccc2ccccc12)c1ccccc1.[Cu]. The zero-order valence-corrected chi connectivity index (χ0v) is 33.5. The molecule has 0 saturated carbocycles. The van der Waals surface area contributed by atoms with Gasteiger partial charge in [0.05, 0.1) is 0 Å². The number of rotatable bonds is 16. The number of nitrogens with one attached hydrogen (secondary N) is 2. The predicted molar refractivity (Wildman–Crippen MR) is 227 cm³/mol. The van der Waals surface area contributed by atoms with E-state index in [9.17, 15) is 0 Å². The number of nitrogens with zero attached hydrogens (tertiary/aromatic N) is 4. The summed E-state index contributed by atoms with van der Waals surface area (Å²) in [4.78, 5) is 4.42. The molecule has 53 heavy (non-hydrogen) atoms. The van der Waals surface area contributed by atoms with E-state index in [4.69, 9.17) is 35.9 Å². The Hall–Kier alpha value is -3.50. The molecule has 0 heterocycles. The summed E-state index contributed by atoms with van der Waals surface area (Å²) in [5.41, 5.74) is 3.84. The van der Waals surface area contributed by atoms with Crippen molar-refractivity contribution in [1.29, 1.82) is 0 Å². The molecule has 6 aromatic carbocycles. The van der Waals surface area contributed by atoms with Crippen LogP contribution in [0.15, 0.2) is 146 Å². The van der Waals surface area contributed by atoms with Crippen molar-refractivity contribution in [1.82, 2.24) is 20.4 Å². The van der Waals surface area contributed by atoms with Gasteiger partial charge in [-0.3, -0.25) is 0 Å². The van der Waals surface area contributed by atoms with E-state index in [2.05, 4.69) is 157 Å². The number of fused-ring (bicyclic) bond motifs is 2. The molecular weight excluding hydrogens is 740 g/mol. The first-order chi connectivity index (χ1) is 25.4. The van der Waals surface area contributed by atoms with E-state index < -0.39 is 0 Å². The molecule has 0 aromatic heterocycles. The number of hydrogen-bond donors (Lipinski definition) is 2. The molecule has 4 atom stereocenters. The number of hydrogen-bond acceptors (Lipinski definition) is 6. The van der Waals surface area contributed by atoms with Gasteiger partial charge in [-0.05, 0) is 71.2 Å². The van der Waals surface area contributed by atoms with Crippen molar-refractivity contribution in [3.8, 4) is 0 Å². The van der Waals surface area contributed by atoms with E-state index in [0.29, 0.717) is 0 Å². The Morgan fingerprint density at radius 2 is 0.774 bits per heavy atom. The van der Waals surface area contributed by atoms with Gasteiger partial charge in [0, 0.05) is 17.1 Å². The summed E-state index contributed by atoms with van der Waals surface area (Å²) < 4.78 is 0. The minimum Gasteiger partial charge on any atom is -0.759 e. The van der Waals surface area contributed by atoms with Crippen LogP contribution in [0, 0.1) is 0 Å². The maximum absolute atomic E-state index is 5.70. The van der Waals surface area contributed by atoms with Gasteiger partial charge in [0.15, 0.2) is 0 Å². The molecule has 6 rings (SSSR count). The fourth-order valence-corrected chi connectivity index (χ4v) is 7.05. The molecule has 0 saturated heterocycles. The first kappa shape index (κ1) is 42.2. The summed E-state index contributed by atoms with van der Waals surface area (Å²) in [6, 6.07) is 49.7. The van der Waals surface area contributed by atoms with E-state index >= 15 is 0 Å². The van der Waals surface area contributed by atoms with Crippen molar-refractivity contribution in [2.45, 2.75) is 51.0 Å². The van der Waals surface area contributed by atoms with Crippen LogP contribution in [-0.2, 0) is 42.3 Å². The Labute approximate surface area is 338 Å². The van der Waals surface area contributed by atoms with E-state index in [-0.39, 0.29) is 40.4 Å². The Morgan fingerprint density at radius 3 is 1.13 bits per heavy atom. The number of benzene rings is 6. The van der Waals surface area contributed by atoms with Crippen LogP contribution in [-0.4, -0.2) is 47.0 Å². The largest absolute Gasteiger partial charge is 0.759 e. The van der Waals surface area contributed by atoms with Crippen molar-refractivity contribution in [3.05, 3.63) is 167 Å². The second-order valence-electron chi connectivity index (χ2n) is 12.4. The molecule has 0 aliphatic rings. The summed E-state index contributed by atoms with van der Waals surface area (Å²) in [7, 11) is 0. The third-order valence-electron chi connectivity index (χ3n) is 9.19. The van der Waals surface area contributed by atoms with Gasteiger partial charge >= 0.3 is 0 Å². The van der Waals surface area contributed by atoms with Crippen molar-refractivity contribution >= 4 is 58.2 Å². The second-order valence-corrected chi connectivity index (χ2v) is 13.3. The smallest absolute Gasteiger partial charge is 0 e. The third kappa shape index (κ3) is 11.7. The van der Waals surface area contributed by atoms with Gasteiger partial charge in [-0.1, -0.05) is 184 Å². The molecule has 2 N–H and O–H groups in total. The maximum Gasteiger partial charge on any atom is 0 e. The first-order valence-corrected chi connectivity index (χ1v) is 19.2. The second kappa shape index (κ2) is 22.0. The van der Waals surface area contributed by atoms with E-state index in [0.717, 1.165) is 59.5 Å². The molecule has 0 bridgehead atoms. The third-order valence-corrected chi connectivity index (χ3v) is 10.1. The molecular formula is C44H50CuN6S2-4. The normalized spacial score (nSPS) is 13.4. The van der Waals surface area contributed by atoms with Crippen LogP contribution in [0.2, 0.25) is 0 Å². The topological polar surface area (TPSA) is 58.7 Å². The summed E-state index contributed by atoms with van der Waals surface area (Å²) in [5.74, 6) is 0. The van der Waals surface area contributed by atoms with Crippen LogP contribution in [0.1, 0.15) is 51.2 Å². The summed E-state index contributed by atoms with van der Waals surface area (Å²) >= 11 is 11.4. The van der Waals surface area contributed by atoms with E-state index in [1.54, 1.807) is 0 Å². The molecule has 0 aliphatic heterocycles. The molecule has 9 heteroatoms. The molecule has 1 radical (unpaired) electrons. The van der Waals surface area contributed by atoms with Crippen molar-refractivity contribution in [2.24, 2.45) is 0 Å². The predicted octanol–water partition coefficient (Wildman–Crippen LogP) is 10.6. The molecule has 6 nitrogen and oxygen atoms in total. The summed E-state index contributed by atoms with van der Waals surface area (Å²) in [6.45, 7) is 12.2. The van der Waals surface area contributed by atoms with Crippen molar-refractivity contribution in [3.63, 3.8) is 0 Å². The van der Waals surface area contributed by atoms with Crippen LogP contribution < -0.4 is 10.6 Å². The Bertz CT molecular complexity index is 1770. The van der Waals surface area contributed by atoms with Crippen LogP contribution in [0.4, 0.5) is 11.4 Å². The molecule has 0 spiro atoms. The zero-order chi connectivity index (χ0) is 36.7. The minimum atomic E-state index is -0.190. The van der Waals surface area contributed by atoms with Crippen LogP contribution in [0.3, 0.4) is 0 Å². The average molecular weight is 791 g/mol. The fraction of sp³-hybridized carbons (Fsp3) is 0.273. The van der Waals surface area contributed by atoms with Gasteiger partial charge in [0.2, 0.25) is 0 Å². The van der Waals surface area contributed by atoms with Gasteiger partial charge < -0.3 is 56.3 Å². The first-order valence-electron chi connectivity index (χ1n) is 18.2. The zero-order valence-electron chi connectivity index (χ0n) is 30.9. The van der Waals surface area contributed by atoms with Gasteiger partial charge in [-0.2, -0.15) is 0 Å². The van der Waals surface area contributed by atoms with Crippen LogP contribution in [0.25, 0.3) is 32.2 Å². The van der Waals surface area contributed by atoms with Crippen LogP contribution in [0.5, 0.6) is 0 Å². The summed E-state index contributed by atoms with van der Waals surface area (Å²) in [5, 5.41) is 21.8. The standard InChI is InChI=1S/2C22H26N3S.Cu/c2*1-3-25(4-2)22(26)24-21(18-12-6-5-7-13-18)23-20-16-10-14-17-11-8-9-15-19(17)20;/h2*5-16,21-22,24,26H,3-4H2,1-2H3;/q2*-1;/p-2. The molecule has 6 aromatic rings. The average Bonchev–Trinajstić information content (AvgIpc) is 3.19. The quantitative estimate of drug-likeness (QED) is 0.0579. The Kier molecular flexibility index (Phi) is 17.5. The Morgan fingerprint density at radius 1 is 0.453 bits per heavy atom. The van der Waals surface area contributed by atoms with E-state index in [1.807, 2.05) is 36.4 Å². The minimum absolute atomic E-state index is 0.